The molecule has 4 aromatic rings. The van der Waals surface area contributed by atoms with Crippen molar-refractivity contribution in [3.63, 3.8) is 0 Å². The molecule has 0 saturated heterocycles. The second-order valence-electron chi connectivity index (χ2n) is 10.4. The topological polar surface area (TPSA) is 17.1 Å². The summed E-state index contributed by atoms with van der Waals surface area (Å²) in [5.41, 5.74) is 11.5. The Morgan fingerprint density at radius 2 is 0.821 bits per heavy atom. The predicted octanol–water partition coefficient (Wildman–Crippen LogP) is 10.4. The van der Waals surface area contributed by atoms with Crippen LogP contribution in [0.5, 0.6) is 0 Å². The van der Waals surface area contributed by atoms with Crippen LogP contribution in [0.15, 0.2) is 84.6 Å². The largest absolute Gasteiger partial charge is 0.295 e. The fraction of sp³-hybridized carbons (Fsp3) is 0.265. The molecule has 0 N–H and O–H groups in total. The van der Waals surface area contributed by atoms with Crippen LogP contribution in [-0.2, 0) is 51.4 Å². The smallest absolute Gasteiger partial charge is 0.160 e. The quantitative estimate of drug-likeness (QED) is 0.176. The Labute approximate surface area is 265 Å². The van der Waals surface area contributed by atoms with Crippen molar-refractivity contribution in [3.05, 3.63) is 135 Å². The first kappa shape index (κ1) is 29.0. The molecule has 0 aliphatic heterocycles. The van der Waals surface area contributed by atoms with Gasteiger partial charge in [-0.3, -0.25) is 4.79 Å². The minimum atomic E-state index is 0.156. The lowest BCUT2D eigenvalue weighted by Crippen LogP contribution is -2.06. The first-order valence-electron chi connectivity index (χ1n) is 13.4. The molecule has 8 bridgehead atoms. The summed E-state index contributed by atoms with van der Waals surface area (Å²) >= 11 is 14.7. The number of hydrogen-bond acceptors (Lipinski definition) is 1. The van der Waals surface area contributed by atoms with Crippen LogP contribution in [-0.4, -0.2) is 5.78 Å². The number of hydrogen-bond donors (Lipinski definition) is 0. The summed E-state index contributed by atoms with van der Waals surface area (Å²) in [6.07, 6.45) is 8.10. The van der Waals surface area contributed by atoms with Crippen molar-refractivity contribution in [2.24, 2.45) is 0 Å². The lowest BCUT2D eigenvalue weighted by molar-refractivity contribution is 0.101. The molecule has 0 atom stereocenters. The van der Waals surface area contributed by atoms with E-state index >= 15 is 0 Å². The number of ketones is 1. The average molecular weight is 774 g/mol. The molecule has 0 aromatic heterocycles. The molecule has 12 rings (SSSR count). The van der Waals surface area contributed by atoms with Gasteiger partial charge in [-0.1, -0.05) is 100 Å². The Morgan fingerprint density at radius 1 is 0.462 bits per heavy atom. The number of Topliss-reactive ketones (excluding diaryl/α,β-unsaturated/α-hetero) is 1. The third kappa shape index (κ3) is 7.22. The normalized spacial score (nSPS) is 14.1. The monoisotopic (exact) mass is 770 g/mol. The molecule has 200 valence electrons. The third-order valence-corrected chi connectivity index (χ3v) is 10.7. The van der Waals surface area contributed by atoms with Crippen molar-refractivity contribution >= 4 is 69.5 Å². The number of rotatable bonds is 1. The number of carbonyl (C=O) groups excluding carboxylic acids is 1. The lowest BCUT2D eigenvalue weighted by atomic mass is 9.92. The molecule has 8 aliphatic carbocycles. The predicted molar refractivity (Wildman–Crippen MR) is 176 cm³/mol. The number of benzene rings is 4. The fourth-order valence-electron chi connectivity index (χ4n) is 5.34. The Hall–Kier alpha value is -1.53. The van der Waals surface area contributed by atoms with Crippen LogP contribution in [0.3, 0.4) is 0 Å². The highest BCUT2D eigenvalue weighted by Gasteiger charge is 2.15. The molecular formula is C34H30Br4O. The van der Waals surface area contributed by atoms with E-state index < -0.39 is 0 Å². The minimum absolute atomic E-state index is 0.156. The van der Waals surface area contributed by atoms with Gasteiger partial charge in [-0.05, 0) is 133 Å². The summed E-state index contributed by atoms with van der Waals surface area (Å²) in [5, 5.41) is 0. The highest BCUT2D eigenvalue weighted by molar-refractivity contribution is 9.11. The van der Waals surface area contributed by atoms with Crippen LogP contribution in [0, 0.1) is 0 Å². The molecule has 0 saturated carbocycles. The van der Waals surface area contributed by atoms with Gasteiger partial charge in [0.25, 0.3) is 0 Å². The lowest BCUT2D eigenvalue weighted by Gasteiger charge is -2.15. The van der Waals surface area contributed by atoms with Crippen LogP contribution in [0.25, 0.3) is 0 Å². The standard InChI is InChI=1S/C18H16Br2O.C16H14Br2/c1-11(21)16-9-15-5-3-12-2-4-13(17(19)8-12)6-7-14(16)10-18(15)20;17-15-9-11-1-5-13(15)8-4-12-2-6-14(7-3-11)16(18)10-12/h2,4,8-10H,3,5-7H2,1H3;1-2,5-6,9-10H,3-4,7-8H2. The second kappa shape index (κ2) is 13.0. The van der Waals surface area contributed by atoms with Crippen LogP contribution >= 0.6 is 63.7 Å². The van der Waals surface area contributed by atoms with Crippen molar-refractivity contribution in [1.29, 1.82) is 0 Å². The van der Waals surface area contributed by atoms with E-state index in [0.717, 1.165) is 67.0 Å². The fourth-order valence-corrected chi connectivity index (χ4v) is 7.80. The van der Waals surface area contributed by atoms with E-state index in [1.807, 2.05) is 0 Å². The highest BCUT2D eigenvalue weighted by Crippen LogP contribution is 2.29. The van der Waals surface area contributed by atoms with Crippen molar-refractivity contribution in [3.8, 4) is 0 Å². The Bertz CT molecular complexity index is 1490. The second-order valence-corrected chi connectivity index (χ2v) is 13.9. The molecular weight excluding hydrogens is 744 g/mol. The maximum Gasteiger partial charge on any atom is 0.160 e. The van der Waals surface area contributed by atoms with Gasteiger partial charge in [0, 0.05) is 23.5 Å². The van der Waals surface area contributed by atoms with E-state index in [0.29, 0.717) is 0 Å². The molecule has 0 amide bonds. The molecule has 1 nitrogen and oxygen atoms in total. The zero-order valence-electron chi connectivity index (χ0n) is 21.9. The molecule has 0 spiro atoms. The van der Waals surface area contributed by atoms with Gasteiger partial charge in [-0.2, -0.15) is 0 Å². The van der Waals surface area contributed by atoms with Crippen LogP contribution in [0.4, 0.5) is 0 Å². The van der Waals surface area contributed by atoms with E-state index in [1.165, 1.54) is 52.4 Å². The van der Waals surface area contributed by atoms with Gasteiger partial charge in [0.15, 0.2) is 5.78 Å². The molecule has 0 heterocycles. The summed E-state index contributed by atoms with van der Waals surface area (Å²) < 4.78 is 4.82. The molecule has 0 fully saturated rings. The average Bonchev–Trinajstić information content (AvgIpc) is 2.89. The number of aryl methyl sites for hydroxylation is 8. The summed E-state index contributed by atoms with van der Waals surface area (Å²) in [6, 6.07) is 24.5. The molecule has 0 radical (unpaired) electrons. The van der Waals surface area contributed by atoms with Crippen LogP contribution in [0.1, 0.15) is 61.8 Å². The molecule has 4 aromatic carbocycles. The highest BCUT2D eigenvalue weighted by atomic mass is 79.9. The van der Waals surface area contributed by atoms with Crippen molar-refractivity contribution in [2.45, 2.75) is 58.3 Å². The molecule has 8 aliphatic rings. The maximum absolute atomic E-state index is 11.9. The minimum Gasteiger partial charge on any atom is -0.295 e. The van der Waals surface area contributed by atoms with E-state index in [-0.39, 0.29) is 5.78 Å². The third-order valence-electron chi connectivity index (χ3n) is 7.72. The summed E-state index contributed by atoms with van der Waals surface area (Å²) in [5.74, 6) is 0.156. The Balaban J connectivity index is 0.000000160. The number of halogens is 4. The zero-order chi connectivity index (χ0) is 27.5. The first-order chi connectivity index (χ1) is 18.8. The maximum atomic E-state index is 11.9. The Kier molecular flexibility index (Phi) is 9.64. The van der Waals surface area contributed by atoms with Crippen LogP contribution in [0.2, 0.25) is 0 Å². The van der Waals surface area contributed by atoms with Gasteiger partial charge < -0.3 is 0 Å². The van der Waals surface area contributed by atoms with E-state index in [9.17, 15) is 4.79 Å². The molecule has 0 unspecified atom stereocenters. The van der Waals surface area contributed by atoms with Gasteiger partial charge in [-0.15, -0.1) is 0 Å². The van der Waals surface area contributed by atoms with Gasteiger partial charge >= 0.3 is 0 Å². The van der Waals surface area contributed by atoms with E-state index in [1.54, 1.807) is 6.92 Å². The van der Waals surface area contributed by atoms with E-state index in [4.69, 9.17) is 0 Å². The first-order valence-corrected chi connectivity index (χ1v) is 16.6. The van der Waals surface area contributed by atoms with Gasteiger partial charge in [0.05, 0.1) is 0 Å². The van der Waals surface area contributed by atoms with Crippen LogP contribution < -0.4 is 0 Å². The molecule has 39 heavy (non-hydrogen) atoms. The number of carbonyl (C=O) groups is 1. The zero-order valence-corrected chi connectivity index (χ0v) is 28.3. The van der Waals surface area contributed by atoms with Gasteiger partial charge in [0.2, 0.25) is 0 Å². The van der Waals surface area contributed by atoms with Crippen molar-refractivity contribution in [2.75, 3.05) is 0 Å². The Morgan fingerprint density at radius 3 is 1.23 bits per heavy atom. The SMILES string of the molecule is Brc1cc2ccc1CCc1ccc(c(Br)c1)CC2.CC(=O)c1cc2c(Br)cc1CCc1ccc(cc1Br)CC2. The van der Waals surface area contributed by atoms with Gasteiger partial charge in [-0.25, -0.2) is 0 Å². The molecule has 5 heteroatoms. The summed E-state index contributed by atoms with van der Waals surface area (Å²) in [6.45, 7) is 1.66. The summed E-state index contributed by atoms with van der Waals surface area (Å²) in [7, 11) is 0. The van der Waals surface area contributed by atoms with E-state index in [2.05, 4.69) is 130 Å². The van der Waals surface area contributed by atoms with Gasteiger partial charge in [0.1, 0.15) is 0 Å². The van der Waals surface area contributed by atoms with Crippen molar-refractivity contribution in [1.82, 2.24) is 0 Å². The van der Waals surface area contributed by atoms with Crippen molar-refractivity contribution < 1.29 is 4.79 Å². The summed E-state index contributed by atoms with van der Waals surface area (Å²) in [4.78, 5) is 11.9.